The van der Waals surface area contributed by atoms with Crippen LogP contribution in [0.3, 0.4) is 0 Å². The Balaban J connectivity index is 1.57. The number of imidazole rings is 1. The molecule has 30 heavy (non-hydrogen) atoms. The quantitative estimate of drug-likeness (QED) is 0.400. The molecule has 0 amide bonds. The number of benzene rings is 3. The number of aromatic amines is 1. The molecule has 0 fully saturated rings. The number of hydrogen-bond donors (Lipinski definition) is 1. The van der Waals surface area contributed by atoms with E-state index in [0.29, 0.717) is 34.5 Å². The number of H-pyrrole nitrogens is 1. The third-order valence-corrected chi connectivity index (χ3v) is 4.82. The number of aromatic nitrogens is 2. The Bertz CT molecular complexity index is 1220. The zero-order valence-corrected chi connectivity index (χ0v) is 17.0. The molecule has 0 saturated carbocycles. The first-order valence-electron chi connectivity index (χ1n) is 9.28. The molecule has 4 rings (SSSR count). The lowest BCUT2D eigenvalue weighted by Gasteiger charge is -2.11. The average Bonchev–Trinajstić information content (AvgIpc) is 3.21. The van der Waals surface area contributed by atoms with Gasteiger partial charge in [-0.2, -0.15) is 5.26 Å². The van der Waals surface area contributed by atoms with E-state index in [1.54, 1.807) is 13.2 Å². The minimum atomic E-state index is 0.394. The van der Waals surface area contributed by atoms with E-state index in [1.807, 2.05) is 66.7 Å². The molecule has 0 aliphatic carbocycles. The zero-order chi connectivity index (χ0) is 20.9. The Kier molecular flexibility index (Phi) is 5.69. The van der Waals surface area contributed by atoms with Crippen molar-refractivity contribution < 1.29 is 9.47 Å². The van der Waals surface area contributed by atoms with Gasteiger partial charge >= 0.3 is 0 Å². The second-order valence-electron chi connectivity index (χ2n) is 6.60. The summed E-state index contributed by atoms with van der Waals surface area (Å²) in [5.41, 5.74) is 3.95. The van der Waals surface area contributed by atoms with Crippen molar-refractivity contribution in [3.05, 3.63) is 88.7 Å². The van der Waals surface area contributed by atoms with Crippen LogP contribution >= 0.6 is 11.6 Å². The summed E-state index contributed by atoms with van der Waals surface area (Å²) in [6.45, 7) is 0.394. The van der Waals surface area contributed by atoms with Crippen LogP contribution in [0, 0.1) is 11.3 Å². The van der Waals surface area contributed by atoms with Gasteiger partial charge in [0.25, 0.3) is 0 Å². The molecular formula is C24H18ClN3O2. The number of nitrogens with zero attached hydrogens (tertiary/aromatic N) is 2. The number of hydrogen-bond acceptors (Lipinski definition) is 4. The van der Waals surface area contributed by atoms with Gasteiger partial charge in [-0.25, -0.2) is 4.98 Å². The Morgan fingerprint density at radius 2 is 1.90 bits per heavy atom. The lowest BCUT2D eigenvalue weighted by atomic mass is 10.1. The predicted octanol–water partition coefficient (Wildman–Crippen LogP) is 5.87. The van der Waals surface area contributed by atoms with Crippen LogP contribution in [0.2, 0.25) is 5.02 Å². The Morgan fingerprint density at radius 3 is 2.63 bits per heavy atom. The number of rotatable bonds is 6. The second kappa shape index (κ2) is 8.73. The Hall–Kier alpha value is -3.75. The van der Waals surface area contributed by atoms with Crippen molar-refractivity contribution in [3.63, 3.8) is 0 Å². The first kappa shape index (κ1) is 19.6. The van der Waals surface area contributed by atoms with E-state index < -0.39 is 0 Å². The van der Waals surface area contributed by atoms with Gasteiger partial charge in [0.1, 0.15) is 18.5 Å². The van der Waals surface area contributed by atoms with Crippen LogP contribution in [0.4, 0.5) is 0 Å². The van der Waals surface area contributed by atoms with Gasteiger partial charge in [-0.15, -0.1) is 0 Å². The van der Waals surface area contributed by atoms with Crippen LogP contribution in [-0.2, 0) is 6.61 Å². The number of fused-ring (bicyclic) bond motifs is 1. The van der Waals surface area contributed by atoms with Crippen molar-refractivity contribution in [1.82, 2.24) is 9.97 Å². The number of nitrogens with one attached hydrogen (secondary N) is 1. The van der Waals surface area contributed by atoms with Gasteiger partial charge in [-0.3, -0.25) is 0 Å². The fraction of sp³-hybridized carbons (Fsp3) is 0.0833. The highest BCUT2D eigenvalue weighted by Crippen LogP contribution is 2.30. The van der Waals surface area contributed by atoms with E-state index >= 15 is 0 Å². The maximum absolute atomic E-state index is 9.63. The number of ether oxygens (including phenoxy) is 2. The number of allylic oxidation sites excluding steroid dienone is 1. The van der Waals surface area contributed by atoms with E-state index in [9.17, 15) is 5.26 Å². The molecule has 0 radical (unpaired) electrons. The molecule has 0 aliphatic heterocycles. The molecule has 0 aliphatic rings. The molecule has 148 valence electrons. The Labute approximate surface area is 179 Å². The molecule has 5 nitrogen and oxygen atoms in total. The first-order chi connectivity index (χ1) is 14.7. The van der Waals surface area contributed by atoms with Gasteiger partial charge in [-0.1, -0.05) is 41.9 Å². The van der Waals surface area contributed by atoms with Gasteiger partial charge in [-0.05, 0) is 53.6 Å². The average molecular weight is 416 g/mol. The van der Waals surface area contributed by atoms with Crippen molar-refractivity contribution in [1.29, 1.82) is 5.26 Å². The largest absolute Gasteiger partial charge is 0.493 e. The SMILES string of the molecule is COc1cc(/C=C(\C#N)c2nc3ccccc3[nH]2)ccc1OCc1ccc(Cl)cc1. The topological polar surface area (TPSA) is 70.9 Å². The summed E-state index contributed by atoms with van der Waals surface area (Å²) in [7, 11) is 1.59. The summed E-state index contributed by atoms with van der Waals surface area (Å²) >= 11 is 5.92. The molecular weight excluding hydrogens is 398 g/mol. The standard InChI is InChI=1S/C24H18ClN3O2/c1-29-23-13-17(8-11-22(23)30-15-16-6-9-19(25)10-7-16)12-18(14-26)24-27-20-4-2-3-5-21(20)28-24/h2-13H,15H2,1H3,(H,27,28)/b18-12+. The highest BCUT2D eigenvalue weighted by atomic mass is 35.5. The van der Waals surface area contributed by atoms with Crippen LogP contribution in [-0.4, -0.2) is 17.1 Å². The number of nitriles is 1. The van der Waals surface area contributed by atoms with E-state index in [4.69, 9.17) is 21.1 Å². The maximum atomic E-state index is 9.63. The normalized spacial score (nSPS) is 11.3. The molecule has 1 heterocycles. The fourth-order valence-electron chi connectivity index (χ4n) is 3.04. The fourth-order valence-corrected chi connectivity index (χ4v) is 3.16. The number of methoxy groups -OCH3 is 1. The summed E-state index contributed by atoms with van der Waals surface area (Å²) in [4.78, 5) is 7.68. The molecule has 0 bridgehead atoms. The molecule has 0 saturated heterocycles. The molecule has 4 aromatic rings. The van der Waals surface area contributed by atoms with Crippen molar-refractivity contribution in [3.8, 4) is 17.6 Å². The summed E-state index contributed by atoms with van der Waals surface area (Å²) < 4.78 is 11.4. The lowest BCUT2D eigenvalue weighted by Crippen LogP contribution is -1.98. The highest BCUT2D eigenvalue weighted by Gasteiger charge is 2.10. The monoisotopic (exact) mass is 415 g/mol. The van der Waals surface area contributed by atoms with Crippen LogP contribution in [0.1, 0.15) is 17.0 Å². The maximum Gasteiger partial charge on any atom is 0.161 e. The van der Waals surface area contributed by atoms with E-state index in [1.165, 1.54) is 0 Å². The van der Waals surface area contributed by atoms with Crippen molar-refractivity contribution in [2.24, 2.45) is 0 Å². The second-order valence-corrected chi connectivity index (χ2v) is 7.03. The summed E-state index contributed by atoms with van der Waals surface area (Å²) in [6.07, 6.45) is 1.77. The van der Waals surface area contributed by atoms with Crippen molar-refractivity contribution in [2.45, 2.75) is 6.61 Å². The van der Waals surface area contributed by atoms with Crippen molar-refractivity contribution >= 4 is 34.3 Å². The van der Waals surface area contributed by atoms with Gasteiger partial charge in [0.2, 0.25) is 0 Å². The smallest absolute Gasteiger partial charge is 0.161 e. The molecule has 1 aromatic heterocycles. The molecule has 6 heteroatoms. The molecule has 3 aromatic carbocycles. The van der Waals surface area contributed by atoms with E-state index in [-0.39, 0.29) is 0 Å². The molecule has 0 atom stereocenters. The minimum absolute atomic E-state index is 0.394. The molecule has 1 N–H and O–H groups in total. The van der Waals surface area contributed by atoms with E-state index in [2.05, 4.69) is 16.0 Å². The van der Waals surface area contributed by atoms with Crippen LogP contribution < -0.4 is 9.47 Å². The number of para-hydroxylation sites is 2. The van der Waals surface area contributed by atoms with Crippen LogP contribution in [0.15, 0.2) is 66.7 Å². The summed E-state index contributed by atoms with van der Waals surface area (Å²) in [6, 6.07) is 22.9. The Morgan fingerprint density at radius 1 is 1.10 bits per heavy atom. The van der Waals surface area contributed by atoms with Crippen LogP contribution in [0.5, 0.6) is 11.5 Å². The zero-order valence-electron chi connectivity index (χ0n) is 16.2. The minimum Gasteiger partial charge on any atom is -0.493 e. The summed E-state index contributed by atoms with van der Waals surface area (Å²) in [5, 5.41) is 10.3. The highest BCUT2D eigenvalue weighted by molar-refractivity contribution is 6.30. The third-order valence-electron chi connectivity index (χ3n) is 4.57. The van der Waals surface area contributed by atoms with Crippen molar-refractivity contribution in [2.75, 3.05) is 7.11 Å². The van der Waals surface area contributed by atoms with Gasteiger partial charge < -0.3 is 14.5 Å². The molecule has 0 spiro atoms. The lowest BCUT2D eigenvalue weighted by molar-refractivity contribution is 0.284. The van der Waals surface area contributed by atoms with Crippen LogP contribution in [0.25, 0.3) is 22.7 Å². The van der Waals surface area contributed by atoms with E-state index in [0.717, 1.165) is 22.2 Å². The van der Waals surface area contributed by atoms with Gasteiger partial charge in [0, 0.05) is 5.02 Å². The first-order valence-corrected chi connectivity index (χ1v) is 9.66. The van der Waals surface area contributed by atoms with Gasteiger partial charge in [0.15, 0.2) is 11.5 Å². The number of halogens is 1. The third kappa shape index (κ3) is 4.29. The molecule has 0 unspecified atom stereocenters. The predicted molar refractivity (Wildman–Crippen MR) is 118 cm³/mol. The summed E-state index contributed by atoms with van der Waals surface area (Å²) in [5.74, 6) is 1.73. The van der Waals surface area contributed by atoms with Gasteiger partial charge in [0.05, 0.1) is 23.7 Å².